The van der Waals surface area contributed by atoms with E-state index >= 15 is 0 Å². The molecule has 2 aromatic rings. The van der Waals surface area contributed by atoms with Crippen molar-refractivity contribution < 1.29 is 9.66 Å². The Labute approximate surface area is 106 Å². The molecule has 0 N–H and O–H groups in total. The van der Waals surface area contributed by atoms with Crippen LogP contribution in [-0.2, 0) is 0 Å². The Hall–Kier alpha value is -1.53. The highest BCUT2D eigenvalue weighted by Crippen LogP contribution is 2.39. The Kier molecular flexibility index (Phi) is 3.65. The van der Waals surface area contributed by atoms with E-state index in [0.717, 1.165) is 22.0 Å². The largest absolute Gasteiger partial charge is 0.497 e. The Balaban J connectivity index is 2.25. The molecule has 0 aliphatic carbocycles. The van der Waals surface area contributed by atoms with Crippen LogP contribution in [0.25, 0.3) is 0 Å². The SMILES string of the molecule is COc1cccc(Sc2ccsc2[N+](=O)[O-])c1. The molecule has 0 radical (unpaired) electrons. The number of hydrogen-bond acceptors (Lipinski definition) is 5. The standard InChI is InChI=1S/C11H9NO3S2/c1-15-8-3-2-4-9(7-8)17-10-5-6-16-11(10)12(13)14/h2-7H,1H3. The lowest BCUT2D eigenvalue weighted by atomic mass is 10.3. The third kappa shape index (κ3) is 2.78. The maximum Gasteiger partial charge on any atom is 0.337 e. The average Bonchev–Trinajstić information content (AvgIpc) is 2.77. The number of benzene rings is 1. The van der Waals surface area contributed by atoms with Crippen LogP contribution in [0.3, 0.4) is 0 Å². The first kappa shape index (κ1) is 11.9. The van der Waals surface area contributed by atoms with Crippen LogP contribution in [-0.4, -0.2) is 12.0 Å². The molecule has 88 valence electrons. The minimum absolute atomic E-state index is 0.179. The van der Waals surface area contributed by atoms with Crippen LogP contribution in [0.4, 0.5) is 5.00 Å². The molecule has 6 heteroatoms. The van der Waals surface area contributed by atoms with Crippen molar-refractivity contribution in [2.75, 3.05) is 7.11 Å². The molecule has 1 aromatic carbocycles. The van der Waals surface area contributed by atoms with Gasteiger partial charge in [0.05, 0.1) is 12.0 Å². The van der Waals surface area contributed by atoms with E-state index in [4.69, 9.17) is 4.74 Å². The summed E-state index contributed by atoms with van der Waals surface area (Å²) in [7, 11) is 1.59. The maximum atomic E-state index is 10.8. The second-order valence-corrected chi connectivity index (χ2v) is 5.14. The molecular weight excluding hydrogens is 258 g/mol. The van der Waals surface area contributed by atoms with E-state index in [2.05, 4.69) is 0 Å². The van der Waals surface area contributed by atoms with Gasteiger partial charge in [0.15, 0.2) is 0 Å². The maximum absolute atomic E-state index is 10.8. The predicted molar refractivity (Wildman–Crippen MR) is 68.1 cm³/mol. The van der Waals surface area contributed by atoms with Crippen molar-refractivity contribution in [3.8, 4) is 5.75 Å². The minimum atomic E-state index is -0.354. The van der Waals surface area contributed by atoms with Crippen molar-refractivity contribution >= 4 is 28.1 Å². The van der Waals surface area contributed by atoms with Gasteiger partial charge in [-0.05, 0) is 29.6 Å². The molecule has 1 aromatic heterocycles. The molecule has 1 heterocycles. The van der Waals surface area contributed by atoms with Gasteiger partial charge < -0.3 is 4.74 Å². The number of ether oxygens (including phenoxy) is 1. The summed E-state index contributed by atoms with van der Waals surface area (Å²) < 4.78 is 5.11. The first-order valence-corrected chi connectivity index (χ1v) is 6.44. The lowest BCUT2D eigenvalue weighted by Crippen LogP contribution is -1.85. The fourth-order valence-corrected chi connectivity index (χ4v) is 3.12. The summed E-state index contributed by atoms with van der Waals surface area (Å²) in [5.74, 6) is 0.743. The lowest BCUT2D eigenvalue weighted by molar-refractivity contribution is -0.382. The molecule has 0 saturated carbocycles. The number of hydrogen-bond donors (Lipinski definition) is 0. The monoisotopic (exact) mass is 267 g/mol. The molecule has 0 amide bonds. The number of thiophene rings is 1. The Morgan fingerprint density at radius 2 is 2.24 bits per heavy atom. The summed E-state index contributed by atoms with van der Waals surface area (Å²) in [4.78, 5) is 12.0. The van der Waals surface area contributed by atoms with Crippen LogP contribution >= 0.6 is 23.1 Å². The Morgan fingerprint density at radius 3 is 2.94 bits per heavy atom. The normalized spacial score (nSPS) is 10.2. The van der Waals surface area contributed by atoms with Gasteiger partial charge in [-0.15, -0.1) is 0 Å². The molecule has 4 nitrogen and oxygen atoms in total. The van der Waals surface area contributed by atoms with Crippen molar-refractivity contribution in [2.45, 2.75) is 9.79 Å². The quantitative estimate of drug-likeness (QED) is 0.624. The summed E-state index contributed by atoms with van der Waals surface area (Å²) in [6.07, 6.45) is 0. The van der Waals surface area contributed by atoms with E-state index < -0.39 is 0 Å². The van der Waals surface area contributed by atoms with Crippen LogP contribution in [0, 0.1) is 10.1 Å². The van der Waals surface area contributed by atoms with Gasteiger partial charge in [0.25, 0.3) is 0 Å². The second kappa shape index (κ2) is 5.20. The molecule has 0 atom stereocenters. The van der Waals surface area contributed by atoms with Crippen molar-refractivity contribution in [1.29, 1.82) is 0 Å². The summed E-state index contributed by atoms with van der Waals surface area (Å²) in [6.45, 7) is 0. The van der Waals surface area contributed by atoms with Crippen LogP contribution in [0.15, 0.2) is 45.5 Å². The van der Waals surface area contributed by atoms with Gasteiger partial charge in [-0.3, -0.25) is 10.1 Å². The highest BCUT2D eigenvalue weighted by molar-refractivity contribution is 7.99. The number of methoxy groups -OCH3 is 1. The first-order chi connectivity index (χ1) is 8.20. The van der Waals surface area contributed by atoms with E-state index in [1.165, 1.54) is 11.8 Å². The molecular formula is C11H9NO3S2. The number of nitrogens with zero attached hydrogens (tertiary/aromatic N) is 1. The van der Waals surface area contributed by atoms with E-state index in [9.17, 15) is 10.1 Å². The highest BCUT2D eigenvalue weighted by atomic mass is 32.2. The van der Waals surface area contributed by atoms with Crippen LogP contribution in [0.1, 0.15) is 0 Å². The zero-order chi connectivity index (χ0) is 12.3. The minimum Gasteiger partial charge on any atom is -0.497 e. The van der Waals surface area contributed by atoms with E-state index in [-0.39, 0.29) is 9.92 Å². The summed E-state index contributed by atoms with van der Waals surface area (Å²) in [5, 5.41) is 12.7. The molecule has 0 unspecified atom stereocenters. The second-order valence-electron chi connectivity index (χ2n) is 3.13. The van der Waals surface area contributed by atoms with Gasteiger partial charge in [0.1, 0.15) is 10.6 Å². The number of rotatable bonds is 4. The zero-order valence-corrected chi connectivity index (χ0v) is 10.6. The predicted octanol–water partition coefficient (Wildman–Crippen LogP) is 3.82. The van der Waals surface area contributed by atoms with Gasteiger partial charge in [-0.2, -0.15) is 0 Å². The molecule has 0 saturated heterocycles. The molecule has 0 fully saturated rings. The molecule has 2 rings (SSSR count). The van der Waals surface area contributed by atoms with E-state index in [1.807, 2.05) is 24.3 Å². The summed E-state index contributed by atoms with van der Waals surface area (Å²) in [6, 6.07) is 9.21. The topological polar surface area (TPSA) is 52.4 Å². The fourth-order valence-electron chi connectivity index (χ4n) is 1.29. The summed E-state index contributed by atoms with van der Waals surface area (Å²) in [5.41, 5.74) is 0. The Morgan fingerprint density at radius 1 is 1.41 bits per heavy atom. The molecule has 17 heavy (non-hydrogen) atoms. The smallest absolute Gasteiger partial charge is 0.337 e. The van der Waals surface area contributed by atoms with Crippen LogP contribution < -0.4 is 4.74 Å². The zero-order valence-electron chi connectivity index (χ0n) is 8.95. The van der Waals surface area contributed by atoms with Crippen molar-refractivity contribution in [3.63, 3.8) is 0 Å². The van der Waals surface area contributed by atoms with Gasteiger partial charge in [-0.1, -0.05) is 29.2 Å². The fraction of sp³-hybridized carbons (Fsp3) is 0.0909. The van der Waals surface area contributed by atoms with Crippen molar-refractivity contribution in [3.05, 3.63) is 45.8 Å². The molecule has 0 aliphatic rings. The van der Waals surface area contributed by atoms with Crippen molar-refractivity contribution in [2.24, 2.45) is 0 Å². The van der Waals surface area contributed by atoms with Crippen LogP contribution in [0.5, 0.6) is 5.75 Å². The van der Waals surface area contributed by atoms with Crippen molar-refractivity contribution in [1.82, 2.24) is 0 Å². The van der Waals surface area contributed by atoms with E-state index in [0.29, 0.717) is 4.90 Å². The lowest BCUT2D eigenvalue weighted by Gasteiger charge is -2.02. The Bertz CT molecular complexity index is 539. The third-order valence-corrected chi connectivity index (χ3v) is 4.08. The average molecular weight is 267 g/mol. The van der Waals surface area contributed by atoms with Crippen LogP contribution in [0.2, 0.25) is 0 Å². The first-order valence-electron chi connectivity index (χ1n) is 4.74. The van der Waals surface area contributed by atoms with Gasteiger partial charge >= 0.3 is 5.00 Å². The van der Waals surface area contributed by atoms with Gasteiger partial charge in [-0.25, -0.2) is 0 Å². The molecule has 0 aliphatic heterocycles. The van der Waals surface area contributed by atoms with Gasteiger partial charge in [0, 0.05) is 4.90 Å². The van der Waals surface area contributed by atoms with E-state index in [1.54, 1.807) is 18.6 Å². The van der Waals surface area contributed by atoms with Gasteiger partial charge in [0.2, 0.25) is 0 Å². The highest BCUT2D eigenvalue weighted by Gasteiger charge is 2.16. The summed E-state index contributed by atoms with van der Waals surface area (Å²) >= 11 is 2.50. The molecule has 0 bridgehead atoms. The number of nitro groups is 1. The third-order valence-electron chi connectivity index (χ3n) is 2.04. The molecule has 0 spiro atoms.